The largest absolute Gasteiger partial charge is 0.256 e. The van der Waals surface area contributed by atoms with Crippen LogP contribution in [0.15, 0.2) is 67.1 Å². The van der Waals surface area contributed by atoms with Crippen LogP contribution in [0.1, 0.15) is 16.3 Å². The third kappa shape index (κ3) is 4.11. The minimum absolute atomic E-state index is 0.628. The molecule has 0 saturated heterocycles. The number of nitrogens with zero attached hydrogens (tertiary/aromatic N) is 3. The van der Waals surface area contributed by atoms with Gasteiger partial charge in [-0.05, 0) is 53.5 Å². The first-order valence-electron chi connectivity index (χ1n) is 11.5. The number of aromatic nitrogens is 3. The van der Waals surface area contributed by atoms with Crippen LogP contribution in [0.2, 0.25) is 39.3 Å². The van der Waals surface area contributed by atoms with Crippen LogP contribution >= 0.6 is 0 Å². The van der Waals surface area contributed by atoms with Gasteiger partial charge in [0.1, 0.15) is 5.69 Å². The minimum Gasteiger partial charge on any atom is -0.256 e. The zero-order chi connectivity index (χ0) is 23.3. The Labute approximate surface area is 194 Å². The van der Waals surface area contributed by atoms with Crippen LogP contribution < -0.4 is 4.57 Å². The van der Waals surface area contributed by atoms with Crippen molar-refractivity contribution in [2.45, 2.75) is 51.4 Å². The molecule has 32 heavy (non-hydrogen) atoms. The highest BCUT2D eigenvalue weighted by molar-refractivity contribution is 6.96. The van der Waals surface area contributed by atoms with Gasteiger partial charge in [0.2, 0.25) is 6.33 Å². The molecule has 2 aromatic carbocycles. The molecule has 0 aliphatic heterocycles. The van der Waals surface area contributed by atoms with E-state index in [1.807, 2.05) is 6.20 Å². The van der Waals surface area contributed by atoms with Gasteiger partial charge in [0.15, 0.2) is 11.0 Å². The fourth-order valence-electron chi connectivity index (χ4n) is 5.64. The van der Waals surface area contributed by atoms with Crippen LogP contribution in [0.25, 0.3) is 28.0 Å². The van der Waals surface area contributed by atoms with Crippen LogP contribution in [0.3, 0.4) is 0 Å². The van der Waals surface area contributed by atoms with Crippen molar-refractivity contribution in [2.75, 3.05) is 0 Å². The van der Waals surface area contributed by atoms with Crippen molar-refractivity contribution >= 4 is 27.2 Å². The SMILES string of the molecule is Cc1ccnc(-c2c(C([Si](C)(C)C)[Si](C)(C)C)cccc2-n2c[n+](C)c3ccccc32)c1. The lowest BCUT2D eigenvalue weighted by Gasteiger charge is -2.40. The zero-order valence-corrected chi connectivity index (χ0v) is 22.8. The van der Waals surface area contributed by atoms with Crippen molar-refractivity contribution in [2.24, 2.45) is 7.05 Å². The van der Waals surface area contributed by atoms with E-state index >= 15 is 0 Å². The predicted octanol–water partition coefficient (Wildman–Crippen LogP) is 6.66. The first-order chi connectivity index (χ1) is 15.0. The number of hydrogen-bond donors (Lipinski definition) is 0. The molecule has 0 bridgehead atoms. The molecule has 5 heteroatoms. The molecule has 0 unspecified atom stereocenters. The normalized spacial score (nSPS) is 12.7. The first-order valence-corrected chi connectivity index (χ1v) is 18.7. The fraction of sp³-hybridized carbons (Fsp3) is 0.333. The van der Waals surface area contributed by atoms with Crippen LogP contribution in [0.4, 0.5) is 0 Å². The molecule has 3 nitrogen and oxygen atoms in total. The number of pyridine rings is 1. The van der Waals surface area contributed by atoms with Gasteiger partial charge in [-0.2, -0.15) is 4.57 Å². The Morgan fingerprint density at radius 2 is 1.56 bits per heavy atom. The summed E-state index contributed by atoms with van der Waals surface area (Å²) in [5.74, 6) is 0. The number of hydrogen-bond acceptors (Lipinski definition) is 1. The first kappa shape index (κ1) is 22.7. The lowest BCUT2D eigenvalue weighted by atomic mass is 10.0. The van der Waals surface area contributed by atoms with Crippen LogP contribution in [0.5, 0.6) is 0 Å². The molecule has 0 amide bonds. The average Bonchev–Trinajstić information content (AvgIpc) is 3.02. The summed E-state index contributed by atoms with van der Waals surface area (Å²) in [6.45, 7) is 17.3. The van der Waals surface area contributed by atoms with Crippen molar-refractivity contribution in [1.29, 1.82) is 0 Å². The van der Waals surface area contributed by atoms with E-state index in [1.165, 1.54) is 33.4 Å². The van der Waals surface area contributed by atoms with Gasteiger partial charge in [0, 0.05) is 22.3 Å². The van der Waals surface area contributed by atoms with Crippen molar-refractivity contribution < 1.29 is 4.57 Å². The summed E-state index contributed by atoms with van der Waals surface area (Å²) in [4.78, 5) is 4.90. The van der Waals surface area contributed by atoms with Gasteiger partial charge in [-0.3, -0.25) is 4.98 Å². The Hall–Kier alpha value is -2.51. The molecule has 0 radical (unpaired) electrons. The second-order valence-electron chi connectivity index (χ2n) is 11.2. The number of para-hydroxylation sites is 2. The van der Waals surface area contributed by atoms with Gasteiger partial charge < -0.3 is 0 Å². The van der Waals surface area contributed by atoms with E-state index in [1.54, 1.807) is 0 Å². The molecule has 0 saturated carbocycles. The Morgan fingerprint density at radius 1 is 0.875 bits per heavy atom. The van der Waals surface area contributed by atoms with E-state index in [0.717, 1.165) is 5.69 Å². The van der Waals surface area contributed by atoms with E-state index in [2.05, 4.69) is 123 Å². The summed E-state index contributed by atoms with van der Waals surface area (Å²) in [5.41, 5.74) is 8.78. The third-order valence-electron chi connectivity index (χ3n) is 6.36. The number of rotatable bonds is 5. The van der Waals surface area contributed by atoms with Gasteiger partial charge in [-0.1, -0.05) is 63.5 Å². The molecular weight excluding hydrogens is 422 g/mol. The number of fused-ring (bicyclic) bond motifs is 1. The molecule has 166 valence electrons. The predicted molar refractivity (Wildman–Crippen MR) is 142 cm³/mol. The standard InChI is InChI=1S/C27H36N3Si2/c1-20-16-17-28-22(18-20)26-21(27(31(3,4)5)32(6,7)8)12-11-15-25(26)30-19-29(2)23-13-9-10-14-24(23)30/h9-19,27H,1-8H3/q+1. The Kier molecular flexibility index (Phi) is 5.76. The second kappa shape index (κ2) is 8.12. The zero-order valence-electron chi connectivity index (χ0n) is 20.8. The average molecular weight is 459 g/mol. The quantitative estimate of drug-likeness (QED) is 0.242. The number of aryl methyl sites for hydroxylation is 2. The van der Waals surface area contributed by atoms with Gasteiger partial charge in [0.25, 0.3) is 0 Å². The molecule has 4 rings (SSSR count). The van der Waals surface area contributed by atoms with E-state index in [4.69, 9.17) is 4.98 Å². The van der Waals surface area contributed by atoms with Crippen LogP contribution in [0, 0.1) is 6.92 Å². The number of imidazole rings is 1. The maximum atomic E-state index is 4.90. The monoisotopic (exact) mass is 458 g/mol. The smallest absolute Gasteiger partial charge is 0.249 e. The summed E-state index contributed by atoms with van der Waals surface area (Å²) in [6.07, 6.45) is 4.16. The highest BCUT2D eigenvalue weighted by Crippen LogP contribution is 2.42. The third-order valence-corrected chi connectivity index (χ3v) is 15.6. The molecule has 0 N–H and O–H groups in total. The van der Waals surface area contributed by atoms with Gasteiger partial charge >= 0.3 is 0 Å². The summed E-state index contributed by atoms with van der Waals surface area (Å²) in [5, 5.41) is 0.628. The molecular formula is C27H36N3Si2+. The van der Waals surface area contributed by atoms with Crippen molar-refractivity contribution in [3.8, 4) is 16.9 Å². The second-order valence-corrected chi connectivity index (χ2v) is 22.4. The molecule has 0 spiro atoms. The highest BCUT2D eigenvalue weighted by atomic mass is 28.4. The molecule has 0 atom stereocenters. The highest BCUT2D eigenvalue weighted by Gasteiger charge is 2.41. The summed E-state index contributed by atoms with van der Waals surface area (Å²) in [7, 11) is -0.862. The number of benzene rings is 2. The summed E-state index contributed by atoms with van der Waals surface area (Å²) >= 11 is 0. The van der Waals surface area contributed by atoms with Gasteiger partial charge in [-0.15, -0.1) is 0 Å². The molecule has 2 heterocycles. The Morgan fingerprint density at radius 3 is 2.22 bits per heavy atom. The summed E-state index contributed by atoms with van der Waals surface area (Å²) < 4.78 is 4.56. The molecule has 0 aliphatic carbocycles. The molecule has 0 aliphatic rings. The van der Waals surface area contributed by atoms with E-state index in [-0.39, 0.29) is 0 Å². The van der Waals surface area contributed by atoms with Crippen LogP contribution in [-0.2, 0) is 7.05 Å². The van der Waals surface area contributed by atoms with E-state index in [9.17, 15) is 0 Å². The lowest BCUT2D eigenvalue weighted by Crippen LogP contribution is -2.46. The lowest BCUT2D eigenvalue weighted by molar-refractivity contribution is -0.645. The molecule has 4 aromatic rings. The minimum atomic E-state index is -1.49. The maximum absolute atomic E-state index is 4.90. The van der Waals surface area contributed by atoms with Crippen molar-refractivity contribution in [1.82, 2.24) is 9.55 Å². The molecule has 2 aromatic heterocycles. The Bertz CT molecular complexity index is 1260. The molecule has 0 fully saturated rings. The van der Waals surface area contributed by atoms with Crippen LogP contribution in [-0.4, -0.2) is 25.7 Å². The van der Waals surface area contributed by atoms with Gasteiger partial charge in [-0.25, -0.2) is 4.57 Å². The van der Waals surface area contributed by atoms with Crippen molar-refractivity contribution in [3.63, 3.8) is 0 Å². The van der Waals surface area contributed by atoms with Gasteiger partial charge in [0.05, 0.1) is 18.3 Å². The van der Waals surface area contributed by atoms with E-state index < -0.39 is 16.1 Å². The fourth-order valence-corrected chi connectivity index (χ4v) is 18.4. The van der Waals surface area contributed by atoms with Crippen molar-refractivity contribution in [3.05, 3.63) is 78.2 Å². The topological polar surface area (TPSA) is 21.7 Å². The summed E-state index contributed by atoms with van der Waals surface area (Å²) in [6, 6.07) is 19.9. The maximum Gasteiger partial charge on any atom is 0.249 e. The Balaban J connectivity index is 2.12. The van der Waals surface area contributed by atoms with E-state index in [0.29, 0.717) is 5.16 Å².